The van der Waals surface area contributed by atoms with Crippen LogP contribution in [0.1, 0.15) is 53.4 Å². The van der Waals surface area contributed by atoms with Crippen molar-refractivity contribution in [2.24, 2.45) is 11.8 Å². The standard InChI is InChI=1S/C15H33NO2Si/c1-13(2)11-16(12-14(3)4)19(17-5,18-6)15-9-7-8-10-15/h13-15H,7-12H2,1-6H3. The first-order chi connectivity index (χ1) is 8.96. The van der Waals surface area contributed by atoms with Crippen LogP contribution >= 0.6 is 0 Å². The first-order valence-electron chi connectivity index (χ1n) is 7.81. The van der Waals surface area contributed by atoms with E-state index in [0.29, 0.717) is 17.4 Å². The van der Waals surface area contributed by atoms with Gasteiger partial charge in [0.2, 0.25) is 0 Å². The minimum Gasteiger partial charge on any atom is -0.386 e. The maximum atomic E-state index is 6.08. The highest BCUT2D eigenvalue weighted by molar-refractivity contribution is 6.66. The third kappa shape index (κ3) is 4.28. The Morgan fingerprint density at radius 3 is 1.68 bits per heavy atom. The fourth-order valence-electron chi connectivity index (χ4n) is 3.43. The van der Waals surface area contributed by atoms with Crippen molar-refractivity contribution in [1.29, 1.82) is 0 Å². The molecule has 0 aromatic rings. The lowest BCUT2D eigenvalue weighted by molar-refractivity contribution is 0.134. The van der Waals surface area contributed by atoms with Crippen LogP contribution in [-0.2, 0) is 8.85 Å². The summed E-state index contributed by atoms with van der Waals surface area (Å²) in [5.74, 6) is 1.30. The average Bonchev–Trinajstić information content (AvgIpc) is 2.84. The van der Waals surface area contributed by atoms with Crippen LogP contribution in [0.15, 0.2) is 0 Å². The SMILES string of the molecule is CO[Si](OC)(C1CCCC1)N(CC(C)C)CC(C)C. The molecule has 1 fully saturated rings. The Labute approximate surface area is 121 Å². The molecule has 114 valence electrons. The molecule has 1 aliphatic rings. The van der Waals surface area contributed by atoms with E-state index in [2.05, 4.69) is 32.3 Å². The summed E-state index contributed by atoms with van der Waals surface area (Å²) < 4.78 is 14.7. The van der Waals surface area contributed by atoms with E-state index in [-0.39, 0.29) is 0 Å². The number of hydrogen-bond donors (Lipinski definition) is 0. The summed E-state index contributed by atoms with van der Waals surface area (Å²) in [5, 5.41) is 0. The van der Waals surface area contributed by atoms with Crippen molar-refractivity contribution in [1.82, 2.24) is 4.57 Å². The van der Waals surface area contributed by atoms with E-state index < -0.39 is 8.72 Å². The molecule has 0 spiro atoms. The zero-order chi connectivity index (χ0) is 14.5. The molecule has 0 aliphatic heterocycles. The molecule has 3 nitrogen and oxygen atoms in total. The smallest absolute Gasteiger partial charge is 0.386 e. The van der Waals surface area contributed by atoms with Gasteiger partial charge in [0, 0.05) is 19.8 Å². The molecule has 1 saturated carbocycles. The normalized spacial score (nSPS) is 18.2. The highest BCUT2D eigenvalue weighted by atomic mass is 28.4. The lowest BCUT2D eigenvalue weighted by atomic mass is 10.2. The van der Waals surface area contributed by atoms with E-state index in [1.807, 2.05) is 14.2 Å². The molecule has 0 saturated heterocycles. The predicted octanol–water partition coefficient (Wildman–Crippen LogP) is 3.78. The van der Waals surface area contributed by atoms with E-state index >= 15 is 0 Å². The summed E-state index contributed by atoms with van der Waals surface area (Å²) in [7, 11) is 1.49. The van der Waals surface area contributed by atoms with Gasteiger partial charge in [-0.25, -0.2) is 0 Å². The van der Waals surface area contributed by atoms with E-state index in [0.717, 1.165) is 13.1 Å². The van der Waals surface area contributed by atoms with Crippen molar-refractivity contribution in [2.45, 2.75) is 58.9 Å². The number of nitrogens with zero attached hydrogens (tertiary/aromatic N) is 1. The van der Waals surface area contributed by atoms with Crippen LogP contribution in [0.25, 0.3) is 0 Å². The predicted molar refractivity (Wildman–Crippen MR) is 83.2 cm³/mol. The van der Waals surface area contributed by atoms with Gasteiger partial charge in [-0.1, -0.05) is 40.5 Å². The highest BCUT2D eigenvalue weighted by Gasteiger charge is 2.51. The maximum absolute atomic E-state index is 6.08. The van der Waals surface area contributed by atoms with Gasteiger partial charge < -0.3 is 8.85 Å². The van der Waals surface area contributed by atoms with Gasteiger partial charge in [0.05, 0.1) is 0 Å². The molecular weight excluding hydrogens is 254 g/mol. The molecule has 0 radical (unpaired) electrons. The molecular formula is C15H33NO2Si. The van der Waals surface area contributed by atoms with Crippen molar-refractivity contribution in [3.63, 3.8) is 0 Å². The first kappa shape index (κ1) is 17.1. The summed E-state index contributed by atoms with van der Waals surface area (Å²) in [4.78, 5) is 0. The maximum Gasteiger partial charge on any atom is 0.430 e. The Bertz CT molecular complexity index is 239. The highest BCUT2D eigenvalue weighted by Crippen LogP contribution is 2.41. The van der Waals surface area contributed by atoms with Crippen LogP contribution in [0.3, 0.4) is 0 Å². The monoisotopic (exact) mass is 287 g/mol. The Morgan fingerprint density at radius 1 is 0.947 bits per heavy atom. The van der Waals surface area contributed by atoms with Crippen molar-refractivity contribution in [3.8, 4) is 0 Å². The summed E-state index contributed by atoms with van der Waals surface area (Å²) in [6.45, 7) is 11.3. The van der Waals surface area contributed by atoms with Crippen molar-refractivity contribution >= 4 is 8.72 Å². The van der Waals surface area contributed by atoms with Gasteiger partial charge >= 0.3 is 8.72 Å². The molecule has 19 heavy (non-hydrogen) atoms. The molecule has 0 heterocycles. The zero-order valence-corrected chi connectivity index (χ0v) is 14.7. The third-order valence-corrected chi connectivity index (χ3v) is 8.09. The largest absolute Gasteiger partial charge is 0.430 e. The van der Waals surface area contributed by atoms with Crippen LogP contribution in [0.2, 0.25) is 5.54 Å². The van der Waals surface area contributed by atoms with Crippen molar-refractivity contribution < 1.29 is 8.85 Å². The quantitative estimate of drug-likeness (QED) is 0.634. The molecule has 0 aromatic carbocycles. The van der Waals surface area contributed by atoms with Gasteiger partial charge in [-0.15, -0.1) is 0 Å². The molecule has 0 unspecified atom stereocenters. The average molecular weight is 288 g/mol. The van der Waals surface area contributed by atoms with Gasteiger partial charge in [0.15, 0.2) is 0 Å². The molecule has 1 rings (SSSR count). The molecule has 0 aromatic heterocycles. The molecule has 0 N–H and O–H groups in total. The first-order valence-corrected chi connectivity index (χ1v) is 9.65. The number of hydrogen-bond acceptors (Lipinski definition) is 3. The van der Waals surface area contributed by atoms with Gasteiger partial charge in [-0.05, 0) is 37.8 Å². The van der Waals surface area contributed by atoms with Crippen LogP contribution in [0, 0.1) is 11.8 Å². The van der Waals surface area contributed by atoms with Crippen molar-refractivity contribution in [2.75, 3.05) is 27.3 Å². The van der Waals surface area contributed by atoms with E-state index in [9.17, 15) is 0 Å². The molecule has 1 aliphatic carbocycles. The molecule has 0 bridgehead atoms. The summed E-state index contributed by atoms with van der Waals surface area (Å²) in [6.07, 6.45) is 5.23. The lowest BCUT2D eigenvalue weighted by Crippen LogP contribution is -2.62. The Morgan fingerprint density at radius 2 is 1.37 bits per heavy atom. The second-order valence-corrected chi connectivity index (χ2v) is 10.2. The second kappa shape index (κ2) is 7.77. The van der Waals surface area contributed by atoms with E-state index in [1.165, 1.54) is 25.7 Å². The Balaban J connectivity index is 2.94. The van der Waals surface area contributed by atoms with Gasteiger partial charge in [-0.2, -0.15) is 0 Å². The van der Waals surface area contributed by atoms with Crippen LogP contribution in [-0.4, -0.2) is 40.6 Å². The fraction of sp³-hybridized carbons (Fsp3) is 1.00. The van der Waals surface area contributed by atoms with Gasteiger partial charge in [0.25, 0.3) is 0 Å². The van der Waals surface area contributed by atoms with Crippen molar-refractivity contribution in [3.05, 3.63) is 0 Å². The topological polar surface area (TPSA) is 21.7 Å². The summed E-state index contributed by atoms with van der Waals surface area (Å²) in [6, 6.07) is 0. The Hall–Kier alpha value is 0.0969. The summed E-state index contributed by atoms with van der Waals surface area (Å²) >= 11 is 0. The van der Waals surface area contributed by atoms with E-state index in [1.54, 1.807) is 0 Å². The summed E-state index contributed by atoms with van der Waals surface area (Å²) in [5.41, 5.74) is 0.639. The van der Waals surface area contributed by atoms with Gasteiger partial charge in [-0.3, -0.25) is 4.57 Å². The zero-order valence-electron chi connectivity index (χ0n) is 13.7. The second-order valence-electron chi connectivity index (χ2n) is 6.71. The van der Waals surface area contributed by atoms with Crippen LogP contribution in [0.4, 0.5) is 0 Å². The third-order valence-electron chi connectivity index (χ3n) is 4.07. The van der Waals surface area contributed by atoms with Crippen LogP contribution in [0.5, 0.6) is 0 Å². The fourth-order valence-corrected chi connectivity index (χ4v) is 7.68. The number of rotatable bonds is 8. The molecule has 4 heteroatoms. The Kier molecular flexibility index (Phi) is 7.01. The van der Waals surface area contributed by atoms with Crippen LogP contribution < -0.4 is 0 Å². The molecule has 0 atom stereocenters. The minimum atomic E-state index is -2.23. The van der Waals surface area contributed by atoms with E-state index in [4.69, 9.17) is 8.85 Å². The van der Waals surface area contributed by atoms with Gasteiger partial charge in [0.1, 0.15) is 0 Å². The molecule has 0 amide bonds. The minimum absolute atomic E-state index is 0.639. The lowest BCUT2D eigenvalue weighted by Gasteiger charge is -2.43.